The van der Waals surface area contributed by atoms with Crippen LogP contribution in [-0.2, 0) is 6.42 Å². The minimum atomic E-state index is -0.348. The highest BCUT2D eigenvalue weighted by molar-refractivity contribution is 9.10. The summed E-state index contributed by atoms with van der Waals surface area (Å²) in [5, 5.41) is 10.8. The third kappa shape index (κ3) is 4.52. The first-order valence-corrected chi connectivity index (χ1v) is 9.29. The molecule has 0 amide bonds. The Hall–Kier alpha value is -0.420. The zero-order chi connectivity index (χ0) is 15.4. The first-order valence-electron chi connectivity index (χ1n) is 7.58. The largest absolute Gasteiger partial charge is 0.270 e. The molecule has 1 fully saturated rings. The lowest BCUT2D eigenvalue weighted by molar-refractivity contribution is -0.384. The normalized spacial score (nSPS) is 25.8. The van der Waals surface area contributed by atoms with Crippen molar-refractivity contribution in [1.82, 2.24) is 0 Å². The van der Waals surface area contributed by atoms with Gasteiger partial charge < -0.3 is 0 Å². The van der Waals surface area contributed by atoms with E-state index in [2.05, 4.69) is 38.8 Å². The molecular formula is C16H21Br2NO2. The minimum Gasteiger partial charge on any atom is -0.258 e. The summed E-state index contributed by atoms with van der Waals surface area (Å²) >= 11 is 7.32. The van der Waals surface area contributed by atoms with Crippen LogP contribution in [0.1, 0.15) is 44.6 Å². The van der Waals surface area contributed by atoms with Crippen LogP contribution >= 0.6 is 31.9 Å². The number of nitrogens with zero attached hydrogens (tertiary/aromatic N) is 1. The lowest BCUT2D eigenvalue weighted by atomic mass is 9.77. The highest BCUT2D eigenvalue weighted by Crippen LogP contribution is 2.39. The monoisotopic (exact) mass is 417 g/mol. The molecule has 1 aliphatic carbocycles. The van der Waals surface area contributed by atoms with Crippen molar-refractivity contribution >= 4 is 37.5 Å². The number of nitro groups is 1. The van der Waals surface area contributed by atoms with Crippen molar-refractivity contribution in [3.8, 4) is 0 Å². The molecule has 1 saturated carbocycles. The van der Waals surface area contributed by atoms with Crippen LogP contribution in [0.25, 0.3) is 0 Å². The van der Waals surface area contributed by atoms with E-state index in [1.54, 1.807) is 12.1 Å². The van der Waals surface area contributed by atoms with Crippen molar-refractivity contribution in [2.45, 2.75) is 50.3 Å². The zero-order valence-corrected chi connectivity index (χ0v) is 15.4. The van der Waals surface area contributed by atoms with E-state index < -0.39 is 0 Å². The molecule has 116 valence electrons. The quantitative estimate of drug-likeness (QED) is 0.340. The van der Waals surface area contributed by atoms with E-state index in [0.29, 0.717) is 10.7 Å². The van der Waals surface area contributed by atoms with Crippen LogP contribution in [-0.4, -0.2) is 9.75 Å². The van der Waals surface area contributed by atoms with Crippen molar-refractivity contribution in [1.29, 1.82) is 0 Å². The summed E-state index contributed by atoms with van der Waals surface area (Å²) in [5.41, 5.74) is 1.32. The molecule has 0 saturated heterocycles. The lowest BCUT2D eigenvalue weighted by Crippen LogP contribution is -2.26. The molecule has 0 aliphatic heterocycles. The molecule has 1 aromatic carbocycles. The predicted molar refractivity (Wildman–Crippen MR) is 93.0 cm³/mol. The van der Waals surface area contributed by atoms with E-state index in [4.69, 9.17) is 0 Å². The number of alkyl halides is 1. The van der Waals surface area contributed by atoms with Gasteiger partial charge in [-0.3, -0.25) is 10.1 Å². The molecule has 2 rings (SSSR count). The lowest BCUT2D eigenvalue weighted by Gasteiger charge is -2.33. The van der Waals surface area contributed by atoms with Crippen LogP contribution in [0, 0.1) is 22.0 Å². The number of rotatable bonds is 5. The van der Waals surface area contributed by atoms with Crippen LogP contribution in [0.2, 0.25) is 0 Å². The minimum absolute atomic E-state index is 0.147. The van der Waals surface area contributed by atoms with E-state index in [1.807, 2.05) is 6.07 Å². The molecule has 0 aromatic heterocycles. The number of hydrogen-bond donors (Lipinski definition) is 0. The van der Waals surface area contributed by atoms with Gasteiger partial charge in [0.2, 0.25) is 0 Å². The number of non-ortho nitro benzene ring substituents is 1. The Bertz CT molecular complexity index is 507. The van der Waals surface area contributed by atoms with E-state index in [0.717, 1.165) is 16.8 Å². The molecule has 3 nitrogen and oxygen atoms in total. The molecule has 0 bridgehead atoms. The average molecular weight is 419 g/mol. The summed E-state index contributed by atoms with van der Waals surface area (Å²) < 4.78 is 0.856. The molecule has 3 atom stereocenters. The van der Waals surface area contributed by atoms with E-state index in [1.165, 1.54) is 37.7 Å². The van der Waals surface area contributed by atoms with Crippen molar-refractivity contribution in [3.63, 3.8) is 0 Å². The van der Waals surface area contributed by atoms with Gasteiger partial charge in [-0.15, -0.1) is 0 Å². The first kappa shape index (κ1) is 16.9. The Kier molecular flexibility index (Phi) is 6.23. The van der Waals surface area contributed by atoms with Crippen molar-refractivity contribution in [2.75, 3.05) is 0 Å². The molecular weight excluding hydrogens is 398 g/mol. The van der Waals surface area contributed by atoms with E-state index in [9.17, 15) is 10.1 Å². The molecule has 21 heavy (non-hydrogen) atoms. The average Bonchev–Trinajstić information content (AvgIpc) is 2.44. The number of hydrogen-bond acceptors (Lipinski definition) is 2. The fraction of sp³-hybridized carbons (Fsp3) is 0.625. The Morgan fingerprint density at radius 2 is 2.14 bits per heavy atom. The second-order valence-electron chi connectivity index (χ2n) is 5.98. The topological polar surface area (TPSA) is 43.1 Å². The first-order chi connectivity index (χ1) is 10.0. The molecule has 5 heteroatoms. The summed E-state index contributed by atoms with van der Waals surface area (Å²) in [6.45, 7) is 2.25. The van der Waals surface area contributed by atoms with Crippen molar-refractivity contribution < 1.29 is 4.92 Å². The standard InChI is InChI=1S/C16H21Br2NO2/c1-2-3-11-4-7-15(17)13(8-11)9-12-5-6-14(19(20)21)10-16(12)18/h5-6,10-11,13,15H,2-4,7-9H2,1H3. The SMILES string of the molecule is CCCC1CCC(Br)C(Cc2ccc([N+](=O)[O-])cc2Br)C1. The van der Waals surface area contributed by atoms with Crippen molar-refractivity contribution in [3.05, 3.63) is 38.3 Å². The number of nitro benzene ring substituents is 1. The summed E-state index contributed by atoms with van der Waals surface area (Å²) in [6.07, 6.45) is 7.37. The Balaban J connectivity index is 2.07. The van der Waals surface area contributed by atoms with Gasteiger partial charge in [-0.05, 0) is 43.1 Å². The predicted octanol–water partition coefficient (Wildman–Crippen LogP) is 5.88. The Morgan fingerprint density at radius 1 is 1.38 bits per heavy atom. The molecule has 0 radical (unpaired) electrons. The Morgan fingerprint density at radius 3 is 2.76 bits per heavy atom. The third-order valence-corrected chi connectivity index (χ3v) is 6.37. The van der Waals surface area contributed by atoms with E-state index >= 15 is 0 Å². The second kappa shape index (κ2) is 7.73. The molecule has 0 spiro atoms. The van der Waals surface area contributed by atoms with Gasteiger partial charge in [-0.25, -0.2) is 0 Å². The van der Waals surface area contributed by atoms with Gasteiger partial charge in [-0.2, -0.15) is 0 Å². The number of halogens is 2. The summed E-state index contributed by atoms with van der Waals surface area (Å²) in [7, 11) is 0. The maximum Gasteiger partial charge on any atom is 0.270 e. The van der Waals surface area contributed by atoms with Crippen LogP contribution in [0.5, 0.6) is 0 Å². The van der Waals surface area contributed by atoms with Gasteiger partial charge in [0.25, 0.3) is 5.69 Å². The van der Waals surface area contributed by atoms with Gasteiger partial charge in [-0.1, -0.05) is 57.7 Å². The van der Waals surface area contributed by atoms with Gasteiger partial charge in [0.05, 0.1) is 4.92 Å². The van der Waals surface area contributed by atoms with Crippen LogP contribution < -0.4 is 0 Å². The van der Waals surface area contributed by atoms with Gasteiger partial charge >= 0.3 is 0 Å². The van der Waals surface area contributed by atoms with Gasteiger partial charge in [0.15, 0.2) is 0 Å². The smallest absolute Gasteiger partial charge is 0.258 e. The second-order valence-corrected chi connectivity index (χ2v) is 8.01. The van der Waals surface area contributed by atoms with Gasteiger partial charge in [0, 0.05) is 21.4 Å². The summed E-state index contributed by atoms with van der Waals surface area (Å²) in [6, 6.07) is 5.12. The Labute approximate surface area is 142 Å². The number of benzene rings is 1. The molecule has 1 aliphatic rings. The maximum absolute atomic E-state index is 10.8. The molecule has 3 unspecified atom stereocenters. The van der Waals surface area contributed by atoms with Crippen LogP contribution in [0.3, 0.4) is 0 Å². The summed E-state index contributed by atoms with van der Waals surface area (Å²) in [5.74, 6) is 1.46. The molecule has 0 N–H and O–H groups in total. The molecule has 1 aromatic rings. The third-order valence-electron chi connectivity index (χ3n) is 4.42. The van der Waals surface area contributed by atoms with Crippen molar-refractivity contribution in [2.24, 2.45) is 11.8 Å². The van der Waals surface area contributed by atoms with Crippen LogP contribution in [0.15, 0.2) is 22.7 Å². The highest BCUT2D eigenvalue weighted by Gasteiger charge is 2.29. The zero-order valence-electron chi connectivity index (χ0n) is 12.2. The fourth-order valence-electron chi connectivity index (χ4n) is 3.30. The fourth-order valence-corrected chi connectivity index (χ4v) is 4.50. The van der Waals surface area contributed by atoms with E-state index in [-0.39, 0.29) is 10.6 Å². The highest BCUT2D eigenvalue weighted by atomic mass is 79.9. The maximum atomic E-state index is 10.8. The van der Waals surface area contributed by atoms with Crippen LogP contribution in [0.4, 0.5) is 5.69 Å². The summed E-state index contributed by atoms with van der Waals surface area (Å²) in [4.78, 5) is 11.0. The van der Waals surface area contributed by atoms with Gasteiger partial charge in [0.1, 0.15) is 0 Å². The molecule has 0 heterocycles.